The summed E-state index contributed by atoms with van der Waals surface area (Å²) in [6, 6.07) is 9.38. The Kier molecular flexibility index (Phi) is 6.28. The van der Waals surface area contributed by atoms with Gasteiger partial charge in [0, 0.05) is 49.7 Å². The molecule has 3 heterocycles. The summed E-state index contributed by atoms with van der Waals surface area (Å²) >= 11 is 1.69. The number of carbonyl (C=O) groups excluding carboxylic acids is 2. The second-order valence-electron chi connectivity index (χ2n) is 9.40. The Labute approximate surface area is 194 Å². The number of hydrogen-bond acceptors (Lipinski definition) is 5. The molecule has 1 aromatic carbocycles. The van der Waals surface area contributed by atoms with Crippen molar-refractivity contribution in [1.29, 1.82) is 0 Å². The average Bonchev–Trinajstić information content (AvgIpc) is 3.42. The maximum atomic E-state index is 13.7. The first-order chi connectivity index (χ1) is 15.6. The number of hydrogen-bond donors (Lipinski definition) is 0. The lowest BCUT2D eigenvalue weighted by molar-refractivity contribution is -0.137. The fourth-order valence-electron chi connectivity index (χ4n) is 5.75. The molecule has 170 valence electrons. The highest BCUT2D eigenvalue weighted by Crippen LogP contribution is 2.41. The molecule has 0 spiro atoms. The van der Waals surface area contributed by atoms with E-state index in [1.54, 1.807) is 11.3 Å². The van der Waals surface area contributed by atoms with Crippen LogP contribution in [0.5, 0.6) is 0 Å². The average molecular weight is 453 g/mol. The number of likely N-dealkylation sites (tertiary alicyclic amines) is 1. The number of aryl methyl sites for hydroxylation is 1. The van der Waals surface area contributed by atoms with Gasteiger partial charge in [0.2, 0.25) is 5.91 Å². The van der Waals surface area contributed by atoms with Crippen molar-refractivity contribution in [2.45, 2.75) is 57.7 Å². The van der Waals surface area contributed by atoms with Gasteiger partial charge in [-0.25, -0.2) is 4.98 Å². The number of amides is 2. The predicted molar refractivity (Wildman–Crippen MR) is 125 cm³/mol. The third kappa shape index (κ3) is 4.33. The number of benzene rings is 1. The van der Waals surface area contributed by atoms with Crippen LogP contribution in [0.3, 0.4) is 0 Å². The van der Waals surface area contributed by atoms with Gasteiger partial charge in [-0.3, -0.25) is 14.5 Å². The van der Waals surface area contributed by atoms with Crippen LogP contribution in [0, 0.1) is 12.8 Å². The zero-order valence-electron chi connectivity index (χ0n) is 18.8. The quantitative estimate of drug-likeness (QED) is 0.712. The molecule has 3 aliphatic rings. The maximum Gasteiger partial charge on any atom is 0.254 e. The normalized spacial score (nSPS) is 26.2. The molecule has 2 aliphatic heterocycles. The van der Waals surface area contributed by atoms with Crippen LogP contribution < -0.4 is 0 Å². The molecule has 0 bridgehead atoms. The minimum atomic E-state index is -0.316. The van der Waals surface area contributed by atoms with E-state index in [4.69, 9.17) is 0 Å². The molecule has 32 heavy (non-hydrogen) atoms. The number of aromatic nitrogens is 1. The van der Waals surface area contributed by atoms with Gasteiger partial charge in [-0.05, 0) is 44.2 Å². The van der Waals surface area contributed by atoms with Gasteiger partial charge in [-0.2, -0.15) is 0 Å². The highest BCUT2D eigenvalue weighted by Gasteiger charge is 2.48. The van der Waals surface area contributed by atoms with Crippen molar-refractivity contribution in [3.63, 3.8) is 0 Å². The molecule has 7 heteroatoms. The van der Waals surface area contributed by atoms with E-state index in [9.17, 15) is 9.59 Å². The summed E-state index contributed by atoms with van der Waals surface area (Å²) in [6.07, 6.45) is 5.34. The molecule has 2 saturated heterocycles. The molecule has 5 rings (SSSR count). The zero-order valence-corrected chi connectivity index (χ0v) is 19.6. The summed E-state index contributed by atoms with van der Waals surface area (Å²) in [4.78, 5) is 38.1. The van der Waals surface area contributed by atoms with Crippen molar-refractivity contribution in [3.8, 4) is 0 Å². The van der Waals surface area contributed by atoms with Crippen molar-refractivity contribution in [1.82, 2.24) is 19.7 Å². The summed E-state index contributed by atoms with van der Waals surface area (Å²) < 4.78 is 0. The lowest BCUT2D eigenvalue weighted by atomic mass is 9.84. The van der Waals surface area contributed by atoms with Gasteiger partial charge in [-0.1, -0.05) is 31.0 Å². The monoisotopic (exact) mass is 452 g/mol. The van der Waals surface area contributed by atoms with Crippen LogP contribution in [0.4, 0.5) is 0 Å². The van der Waals surface area contributed by atoms with E-state index in [0.29, 0.717) is 11.5 Å². The maximum absolute atomic E-state index is 13.7. The number of rotatable bonds is 4. The first-order valence-electron chi connectivity index (χ1n) is 11.9. The van der Waals surface area contributed by atoms with Crippen LogP contribution in [0.25, 0.3) is 0 Å². The molecule has 0 radical (unpaired) electrons. The summed E-state index contributed by atoms with van der Waals surface area (Å²) in [7, 11) is 0. The molecule has 3 fully saturated rings. The Morgan fingerprint density at radius 1 is 1.06 bits per heavy atom. The Morgan fingerprint density at radius 3 is 2.53 bits per heavy atom. The highest BCUT2D eigenvalue weighted by molar-refractivity contribution is 7.09. The summed E-state index contributed by atoms with van der Waals surface area (Å²) in [5.41, 5.74) is 1.81. The molecule has 1 aliphatic carbocycles. The van der Waals surface area contributed by atoms with Gasteiger partial charge in [0.15, 0.2) is 0 Å². The fourth-order valence-corrected chi connectivity index (χ4v) is 6.35. The highest BCUT2D eigenvalue weighted by atomic mass is 32.1. The molecule has 2 aromatic rings. The van der Waals surface area contributed by atoms with Gasteiger partial charge in [0.25, 0.3) is 5.91 Å². The van der Waals surface area contributed by atoms with Crippen LogP contribution >= 0.6 is 11.3 Å². The third-order valence-corrected chi connectivity index (χ3v) is 8.19. The number of nitrogens with zero attached hydrogens (tertiary/aromatic N) is 4. The molecule has 2 amide bonds. The smallest absolute Gasteiger partial charge is 0.254 e. The molecular formula is C25H32N4O2S. The van der Waals surface area contributed by atoms with E-state index >= 15 is 0 Å². The lowest BCUT2D eigenvalue weighted by Gasteiger charge is -2.38. The predicted octanol–water partition coefficient (Wildman–Crippen LogP) is 3.57. The topological polar surface area (TPSA) is 56.8 Å². The number of thiazole rings is 1. The minimum absolute atomic E-state index is 0.0240. The van der Waals surface area contributed by atoms with Crippen molar-refractivity contribution in [2.75, 3.05) is 26.2 Å². The second-order valence-corrected chi connectivity index (χ2v) is 10.5. The second kappa shape index (κ2) is 9.32. The van der Waals surface area contributed by atoms with Crippen molar-refractivity contribution >= 4 is 23.2 Å². The molecule has 1 aromatic heterocycles. The molecule has 3 atom stereocenters. The summed E-state index contributed by atoms with van der Waals surface area (Å²) in [6.45, 7) is 6.04. The molecule has 6 nitrogen and oxygen atoms in total. The van der Waals surface area contributed by atoms with Gasteiger partial charge in [0.1, 0.15) is 6.04 Å². The number of piperazine rings is 1. The van der Waals surface area contributed by atoms with Gasteiger partial charge in [0.05, 0.1) is 10.7 Å². The minimum Gasteiger partial charge on any atom is -0.338 e. The van der Waals surface area contributed by atoms with Crippen LogP contribution in [0.2, 0.25) is 0 Å². The zero-order chi connectivity index (χ0) is 22.1. The Morgan fingerprint density at radius 2 is 1.81 bits per heavy atom. The first-order valence-corrected chi connectivity index (χ1v) is 12.8. The number of fused-ring (bicyclic) bond motifs is 1. The first kappa shape index (κ1) is 21.6. The van der Waals surface area contributed by atoms with Gasteiger partial charge in [-0.15, -0.1) is 11.3 Å². The van der Waals surface area contributed by atoms with Gasteiger partial charge >= 0.3 is 0 Å². The van der Waals surface area contributed by atoms with Crippen LogP contribution in [-0.4, -0.2) is 69.8 Å². The Bertz CT molecular complexity index is 954. The standard InChI is InChI=1S/C25H32N4O2S/c1-18-26-21(17-32-18)16-27-11-13-28(14-12-27)25(31)23-15-20-9-5-6-10-22(20)29(23)24(30)19-7-3-2-4-8-19/h2-4,7-8,17,20,22-23H,5-6,9-16H2,1H3. The molecular weight excluding hydrogens is 420 g/mol. The van der Waals surface area contributed by atoms with Gasteiger partial charge < -0.3 is 9.80 Å². The van der Waals surface area contributed by atoms with Crippen LogP contribution in [0.1, 0.15) is 53.2 Å². The van der Waals surface area contributed by atoms with Crippen LogP contribution in [-0.2, 0) is 11.3 Å². The molecule has 3 unspecified atom stereocenters. The van der Waals surface area contributed by atoms with E-state index in [1.165, 1.54) is 6.42 Å². The van der Waals surface area contributed by atoms with E-state index in [2.05, 4.69) is 15.3 Å². The van der Waals surface area contributed by atoms with E-state index in [0.717, 1.165) is 69.1 Å². The van der Waals surface area contributed by atoms with Crippen molar-refractivity contribution in [3.05, 3.63) is 52.0 Å². The fraction of sp³-hybridized carbons (Fsp3) is 0.560. The third-order valence-electron chi connectivity index (χ3n) is 7.36. The van der Waals surface area contributed by atoms with E-state index < -0.39 is 0 Å². The summed E-state index contributed by atoms with van der Waals surface area (Å²) in [5.74, 6) is 0.628. The largest absolute Gasteiger partial charge is 0.338 e. The Balaban J connectivity index is 1.28. The van der Waals surface area contributed by atoms with Crippen LogP contribution in [0.15, 0.2) is 35.7 Å². The summed E-state index contributed by atoms with van der Waals surface area (Å²) in [5, 5.41) is 3.22. The van der Waals surface area contributed by atoms with E-state index in [-0.39, 0.29) is 23.9 Å². The van der Waals surface area contributed by atoms with Crippen molar-refractivity contribution in [2.24, 2.45) is 5.92 Å². The molecule has 0 N–H and O–H groups in total. The van der Waals surface area contributed by atoms with E-state index in [1.807, 2.05) is 47.1 Å². The number of carbonyl (C=O) groups is 2. The van der Waals surface area contributed by atoms with Crippen molar-refractivity contribution < 1.29 is 9.59 Å². The Hall–Kier alpha value is -2.25. The SMILES string of the molecule is Cc1nc(CN2CCN(C(=O)C3CC4CCCCC4N3C(=O)c3ccccc3)CC2)cs1. The molecule has 1 saturated carbocycles. The lowest BCUT2D eigenvalue weighted by Crippen LogP contribution is -2.55.